The summed E-state index contributed by atoms with van der Waals surface area (Å²) in [5.41, 5.74) is 0.168. The molecule has 1 aromatic carbocycles. The fraction of sp³-hybridized carbons (Fsp3) is 0.562. The maximum absolute atomic E-state index is 12.5. The molecule has 6 nitrogen and oxygen atoms in total. The summed E-state index contributed by atoms with van der Waals surface area (Å²) in [6.07, 6.45) is 0. The molecule has 0 spiro atoms. The molecule has 0 atom stereocenters. The van der Waals surface area contributed by atoms with Crippen molar-refractivity contribution in [3.63, 3.8) is 0 Å². The molecule has 0 aliphatic carbocycles. The Bertz CT molecular complexity index is 557. The van der Waals surface area contributed by atoms with Crippen molar-refractivity contribution in [1.29, 1.82) is 0 Å². The third-order valence-corrected chi connectivity index (χ3v) is 3.39. The van der Waals surface area contributed by atoms with Crippen LogP contribution < -0.4 is 20.1 Å². The van der Waals surface area contributed by atoms with Crippen LogP contribution in [-0.4, -0.2) is 46.0 Å². The molecule has 0 saturated carbocycles. The second-order valence-electron chi connectivity index (χ2n) is 5.60. The molecule has 0 bridgehead atoms. The van der Waals surface area contributed by atoms with Gasteiger partial charge in [-0.3, -0.25) is 4.99 Å². The van der Waals surface area contributed by atoms with Crippen molar-refractivity contribution in [1.82, 2.24) is 10.6 Å². The lowest BCUT2D eigenvalue weighted by atomic mass is 10.1. The quantitative estimate of drug-likeness (QED) is 0.346. The van der Waals surface area contributed by atoms with Crippen molar-refractivity contribution in [3.8, 4) is 11.5 Å². The third-order valence-electron chi connectivity index (χ3n) is 3.39. The van der Waals surface area contributed by atoms with Crippen molar-refractivity contribution in [2.24, 2.45) is 4.99 Å². The van der Waals surface area contributed by atoms with Gasteiger partial charge in [-0.05, 0) is 32.0 Å². The molecule has 0 amide bonds. The number of benzene rings is 1. The van der Waals surface area contributed by atoms with Crippen LogP contribution in [0.5, 0.6) is 11.5 Å². The SMILES string of the molecule is CN=C(NCc1cc(OC)ccc1OC(F)F)NCC(C)(C)OC.I. The minimum absolute atomic E-state index is 0. The highest BCUT2D eigenvalue weighted by Crippen LogP contribution is 2.25. The molecule has 0 unspecified atom stereocenters. The zero-order chi connectivity index (χ0) is 18.2. The van der Waals surface area contributed by atoms with Gasteiger partial charge in [0.2, 0.25) is 0 Å². The van der Waals surface area contributed by atoms with Gasteiger partial charge in [-0.1, -0.05) is 0 Å². The predicted molar refractivity (Wildman–Crippen MR) is 104 cm³/mol. The van der Waals surface area contributed by atoms with Crippen LogP contribution in [0.4, 0.5) is 8.78 Å². The number of hydrogen-bond acceptors (Lipinski definition) is 4. The molecule has 9 heteroatoms. The minimum Gasteiger partial charge on any atom is -0.497 e. The molecule has 1 aromatic rings. The average Bonchev–Trinajstić information content (AvgIpc) is 2.55. The van der Waals surface area contributed by atoms with E-state index in [4.69, 9.17) is 9.47 Å². The van der Waals surface area contributed by atoms with Gasteiger partial charge in [-0.25, -0.2) is 0 Å². The second-order valence-corrected chi connectivity index (χ2v) is 5.60. The maximum Gasteiger partial charge on any atom is 0.387 e. The molecule has 0 fully saturated rings. The first kappa shape index (κ1) is 23.6. The molecule has 0 aliphatic heterocycles. The standard InChI is InChI=1S/C16H25F2N3O3.HI/c1-16(2,23-5)10-21-15(19-3)20-9-11-8-12(22-4)6-7-13(11)24-14(17)18;/h6-8,14H,9-10H2,1-5H3,(H2,19,20,21);1H. The van der Waals surface area contributed by atoms with Gasteiger partial charge in [-0.15, -0.1) is 24.0 Å². The van der Waals surface area contributed by atoms with Crippen LogP contribution in [0, 0.1) is 0 Å². The van der Waals surface area contributed by atoms with Crippen molar-refractivity contribution in [2.45, 2.75) is 32.6 Å². The Morgan fingerprint density at radius 3 is 2.44 bits per heavy atom. The van der Waals surface area contributed by atoms with Crippen LogP contribution in [0.1, 0.15) is 19.4 Å². The first-order valence-corrected chi connectivity index (χ1v) is 7.42. The molecular formula is C16H26F2IN3O3. The van der Waals surface area contributed by atoms with Crippen molar-refractivity contribution < 1.29 is 23.0 Å². The van der Waals surface area contributed by atoms with Gasteiger partial charge in [0.25, 0.3) is 0 Å². The average molecular weight is 473 g/mol. The fourth-order valence-electron chi connectivity index (χ4n) is 1.80. The second kappa shape index (κ2) is 11.3. The number of nitrogens with one attached hydrogen (secondary N) is 2. The first-order valence-electron chi connectivity index (χ1n) is 7.42. The zero-order valence-corrected chi connectivity index (χ0v) is 17.4. The molecule has 0 saturated heterocycles. The summed E-state index contributed by atoms with van der Waals surface area (Å²) >= 11 is 0. The van der Waals surface area contributed by atoms with E-state index >= 15 is 0 Å². The molecule has 0 radical (unpaired) electrons. The number of guanidine groups is 1. The van der Waals surface area contributed by atoms with Crippen molar-refractivity contribution >= 4 is 29.9 Å². The Balaban J connectivity index is 0.00000576. The number of ether oxygens (including phenoxy) is 3. The number of alkyl halides is 2. The van der Waals surface area contributed by atoms with Gasteiger partial charge in [-0.2, -0.15) is 8.78 Å². The van der Waals surface area contributed by atoms with E-state index in [0.29, 0.717) is 23.8 Å². The Hall–Kier alpha value is -1.36. The lowest BCUT2D eigenvalue weighted by Gasteiger charge is -2.24. The highest BCUT2D eigenvalue weighted by atomic mass is 127. The number of halogens is 3. The summed E-state index contributed by atoms with van der Waals surface area (Å²) in [6.45, 7) is 1.75. The number of aliphatic imine (C=N–C) groups is 1. The smallest absolute Gasteiger partial charge is 0.387 e. The molecule has 1 rings (SSSR count). The molecule has 25 heavy (non-hydrogen) atoms. The topological polar surface area (TPSA) is 64.1 Å². The van der Waals surface area contributed by atoms with Gasteiger partial charge >= 0.3 is 6.61 Å². The van der Waals surface area contributed by atoms with Gasteiger partial charge in [0.05, 0.1) is 12.7 Å². The highest BCUT2D eigenvalue weighted by molar-refractivity contribution is 14.0. The van der Waals surface area contributed by atoms with Crippen LogP contribution in [0.3, 0.4) is 0 Å². The molecule has 0 aliphatic rings. The van der Waals surface area contributed by atoms with E-state index in [2.05, 4.69) is 20.4 Å². The number of rotatable bonds is 8. The Morgan fingerprint density at radius 2 is 1.92 bits per heavy atom. The normalized spacial score (nSPS) is 11.8. The Morgan fingerprint density at radius 1 is 1.24 bits per heavy atom. The number of nitrogens with zero attached hydrogens (tertiary/aromatic N) is 1. The Labute approximate surface area is 164 Å². The first-order chi connectivity index (χ1) is 11.3. The predicted octanol–water partition coefficient (Wildman–Crippen LogP) is 3.00. The Kier molecular flexibility index (Phi) is 10.7. The molecule has 2 N–H and O–H groups in total. The lowest BCUT2D eigenvalue weighted by molar-refractivity contribution is -0.0505. The maximum atomic E-state index is 12.5. The zero-order valence-electron chi connectivity index (χ0n) is 15.1. The van der Waals surface area contributed by atoms with E-state index in [9.17, 15) is 8.78 Å². The molecule has 0 heterocycles. The lowest BCUT2D eigenvalue weighted by Crippen LogP contribution is -2.45. The summed E-state index contributed by atoms with van der Waals surface area (Å²) in [6, 6.07) is 4.65. The van der Waals surface area contributed by atoms with E-state index in [1.165, 1.54) is 13.2 Å². The van der Waals surface area contributed by atoms with Crippen molar-refractivity contribution in [2.75, 3.05) is 27.8 Å². The van der Waals surface area contributed by atoms with E-state index in [1.54, 1.807) is 26.3 Å². The minimum atomic E-state index is -2.89. The van der Waals surface area contributed by atoms with Gasteiger partial charge in [0.15, 0.2) is 5.96 Å². The fourth-order valence-corrected chi connectivity index (χ4v) is 1.80. The van der Waals surface area contributed by atoms with Gasteiger partial charge in [0.1, 0.15) is 11.5 Å². The van der Waals surface area contributed by atoms with Gasteiger partial charge in [0, 0.05) is 32.8 Å². The van der Waals surface area contributed by atoms with E-state index in [0.717, 1.165) is 0 Å². The molecule has 0 aromatic heterocycles. The van der Waals surface area contributed by atoms with E-state index in [1.807, 2.05) is 13.8 Å². The highest BCUT2D eigenvalue weighted by Gasteiger charge is 2.17. The van der Waals surface area contributed by atoms with E-state index in [-0.39, 0.29) is 41.9 Å². The number of methoxy groups -OCH3 is 2. The summed E-state index contributed by atoms with van der Waals surface area (Å²) in [5, 5.41) is 6.16. The third kappa shape index (κ3) is 8.52. The molecule has 144 valence electrons. The largest absolute Gasteiger partial charge is 0.497 e. The van der Waals surface area contributed by atoms with Gasteiger partial charge < -0.3 is 24.8 Å². The van der Waals surface area contributed by atoms with Crippen LogP contribution >= 0.6 is 24.0 Å². The summed E-state index contributed by atoms with van der Waals surface area (Å²) in [4.78, 5) is 4.09. The van der Waals surface area contributed by atoms with Crippen LogP contribution in [0.25, 0.3) is 0 Å². The van der Waals surface area contributed by atoms with Crippen molar-refractivity contribution in [3.05, 3.63) is 23.8 Å². The number of hydrogen-bond donors (Lipinski definition) is 2. The molecular weight excluding hydrogens is 447 g/mol. The monoisotopic (exact) mass is 473 g/mol. The summed E-state index contributed by atoms with van der Waals surface area (Å²) < 4.78 is 40.0. The van der Waals surface area contributed by atoms with Crippen LogP contribution in [0.2, 0.25) is 0 Å². The summed E-state index contributed by atoms with van der Waals surface area (Å²) in [7, 11) is 4.76. The summed E-state index contributed by atoms with van der Waals surface area (Å²) in [5.74, 6) is 1.16. The van der Waals surface area contributed by atoms with Crippen LogP contribution in [-0.2, 0) is 11.3 Å². The van der Waals surface area contributed by atoms with Crippen LogP contribution in [0.15, 0.2) is 23.2 Å². The van der Waals surface area contributed by atoms with E-state index < -0.39 is 6.61 Å².